The van der Waals surface area contributed by atoms with Gasteiger partial charge < -0.3 is 5.32 Å². The van der Waals surface area contributed by atoms with Gasteiger partial charge in [-0.15, -0.1) is 11.3 Å². The Kier molecular flexibility index (Phi) is 4.29. The fourth-order valence-corrected chi connectivity index (χ4v) is 3.23. The topological polar surface area (TPSA) is 24.9 Å². The zero-order valence-electron chi connectivity index (χ0n) is 11.2. The van der Waals surface area contributed by atoms with Crippen molar-refractivity contribution in [3.63, 3.8) is 0 Å². The van der Waals surface area contributed by atoms with Crippen molar-refractivity contribution >= 4 is 49.7 Å². The predicted octanol–water partition coefficient (Wildman–Crippen LogP) is 6.28. The Morgan fingerprint density at radius 3 is 2.38 bits per heavy atom. The molecule has 0 radical (unpaired) electrons. The maximum atomic E-state index is 5.93. The van der Waals surface area contributed by atoms with Crippen molar-refractivity contribution in [2.75, 3.05) is 5.32 Å². The SMILES string of the molecule is Cc1sc(Nc2ccc(Br)cc2)nc1-c1ccc(Cl)cc1. The van der Waals surface area contributed by atoms with Gasteiger partial charge in [-0.1, -0.05) is 39.7 Å². The zero-order chi connectivity index (χ0) is 14.8. The van der Waals surface area contributed by atoms with Crippen molar-refractivity contribution in [1.29, 1.82) is 0 Å². The van der Waals surface area contributed by atoms with E-state index in [0.717, 1.165) is 31.6 Å². The Morgan fingerprint density at radius 2 is 1.71 bits per heavy atom. The summed E-state index contributed by atoms with van der Waals surface area (Å²) in [5.74, 6) is 0. The Morgan fingerprint density at radius 1 is 1.05 bits per heavy atom. The van der Waals surface area contributed by atoms with E-state index >= 15 is 0 Å². The second-order valence-electron chi connectivity index (χ2n) is 4.56. The third-order valence-corrected chi connectivity index (χ3v) is 4.68. The summed E-state index contributed by atoms with van der Waals surface area (Å²) in [4.78, 5) is 5.86. The molecule has 0 atom stereocenters. The molecule has 0 spiro atoms. The van der Waals surface area contributed by atoms with E-state index < -0.39 is 0 Å². The van der Waals surface area contributed by atoms with Gasteiger partial charge in [0.1, 0.15) is 0 Å². The van der Waals surface area contributed by atoms with Crippen LogP contribution in [0.1, 0.15) is 4.88 Å². The standard InChI is InChI=1S/C16H12BrClN2S/c1-10-15(11-2-6-13(18)7-3-11)20-16(21-10)19-14-8-4-12(17)5-9-14/h2-9H,1H3,(H,19,20). The lowest BCUT2D eigenvalue weighted by Crippen LogP contribution is -1.89. The van der Waals surface area contributed by atoms with Gasteiger partial charge in [-0.25, -0.2) is 4.98 Å². The van der Waals surface area contributed by atoms with E-state index in [-0.39, 0.29) is 0 Å². The molecule has 0 aliphatic carbocycles. The largest absolute Gasteiger partial charge is 0.332 e. The quantitative estimate of drug-likeness (QED) is 0.579. The summed E-state index contributed by atoms with van der Waals surface area (Å²) in [6.07, 6.45) is 0. The second-order valence-corrected chi connectivity index (χ2v) is 7.12. The molecule has 21 heavy (non-hydrogen) atoms. The lowest BCUT2D eigenvalue weighted by Gasteiger charge is -2.02. The van der Waals surface area contributed by atoms with Crippen LogP contribution in [0.4, 0.5) is 10.8 Å². The maximum absolute atomic E-state index is 5.93. The summed E-state index contributed by atoms with van der Waals surface area (Å²) < 4.78 is 1.06. The molecule has 0 fully saturated rings. The van der Waals surface area contributed by atoms with Gasteiger partial charge in [0, 0.05) is 25.6 Å². The average molecular weight is 380 g/mol. The molecular weight excluding hydrogens is 368 g/mol. The van der Waals surface area contributed by atoms with Gasteiger partial charge in [-0.05, 0) is 43.3 Å². The molecule has 106 valence electrons. The van der Waals surface area contributed by atoms with E-state index in [2.05, 4.69) is 33.2 Å². The summed E-state index contributed by atoms with van der Waals surface area (Å²) in [6, 6.07) is 15.8. The first-order chi connectivity index (χ1) is 10.1. The van der Waals surface area contributed by atoms with Crippen LogP contribution in [0, 0.1) is 6.92 Å². The molecule has 0 saturated carbocycles. The Balaban J connectivity index is 1.87. The van der Waals surface area contributed by atoms with Crippen LogP contribution in [0.5, 0.6) is 0 Å². The molecule has 0 unspecified atom stereocenters. The molecule has 1 N–H and O–H groups in total. The first-order valence-corrected chi connectivity index (χ1v) is 8.36. The first-order valence-electron chi connectivity index (χ1n) is 6.38. The smallest absolute Gasteiger partial charge is 0.187 e. The number of benzene rings is 2. The Bertz CT molecular complexity index is 751. The number of anilines is 2. The minimum absolute atomic E-state index is 0.736. The van der Waals surface area contributed by atoms with Crippen molar-refractivity contribution < 1.29 is 0 Å². The number of halogens is 2. The molecule has 1 aromatic heterocycles. The highest BCUT2D eigenvalue weighted by atomic mass is 79.9. The van der Waals surface area contributed by atoms with E-state index in [1.54, 1.807) is 11.3 Å². The van der Waals surface area contributed by atoms with Crippen molar-refractivity contribution in [3.8, 4) is 11.3 Å². The monoisotopic (exact) mass is 378 g/mol. The number of hydrogen-bond acceptors (Lipinski definition) is 3. The highest BCUT2D eigenvalue weighted by Gasteiger charge is 2.10. The van der Waals surface area contributed by atoms with Crippen LogP contribution in [-0.2, 0) is 0 Å². The van der Waals surface area contributed by atoms with Crippen LogP contribution in [0.15, 0.2) is 53.0 Å². The summed E-state index contributed by atoms with van der Waals surface area (Å²) in [5.41, 5.74) is 3.10. The lowest BCUT2D eigenvalue weighted by molar-refractivity contribution is 1.36. The number of aryl methyl sites for hydroxylation is 1. The summed E-state index contributed by atoms with van der Waals surface area (Å²) in [6.45, 7) is 2.08. The first kappa shape index (κ1) is 14.6. The number of thiazole rings is 1. The van der Waals surface area contributed by atoms with Crippen LogP contribution in [-0.4, -0.2) is 4.98 Å². The van der Waals surface area contributed by atoms with Gasteiger partial charge in [-0.3, -0.25) is 0 Å². The summed E-state index contributed by atoms with van der Waals surface area (Å²) >= 11 is 11.0. The van der Waals surface area contributed by atoms with Gasteiger partial charge in [-0.2, -0.15) is 0 Å². The van der Waals surface area contributed by atoms with Crippen LogP contribution >= 0.6 is 38.9 Å². The van der Waals surface area contributed by atoms with Crippen LogP contribution in [0.3, 0.4) is 0 Å². The van der Waals surface area contributed by atoms with E-state index in [9.17, 15) is 0 Å². The molecule has 2 nitrogen and oxygen atoms in total. The molecule has 0 aliphatic rings. The maximum Gasteiger partial charge on any atom is 0.187 e. The van der Waals surface area contributed by atoms with E-state index in [4.69, 9.17) is 11.6 Å². The summed E-state index contributed by atoms with van der Waals surface area (Å²) in [7, 11) is 0. The average Bonchev–Trinajstić information content (AvgIpc) is 2.83. The molecule has 0 aliphatic heterocycles. The molecule has 3 aromatic rings. The van der Waals surface area contributed by atoms with Gasteiger partial charge >= 0.3 is 0 Å². The van der Waals surface area contributed by atoms with Gasteiger partial charge in [0.15, 0.2) is 5.13 Å². The fourth-order valence-electron chi connectivity index (χ4n) is 1.98. The minimum atomic E-state index is 0.736. The van der Waals surface area contributed by atoms with Crippen LogP contribution < -0.4 is 5.32 Å². The van der Waals surface area contributed by atoms with Crippen molar-refractivity contribution in [1.82, 2.24) is 4.98 Å². The van der Waals surface area contributed by atoms with Crippen molar-refractivity contribution in [3.05, 3.63) is 62.9 Å². The number of rotatable bonds is 3. The lowest BCUT2D eigenvalue weighted by atomic mass is 10.1. The number of aromatic nitrogens is 1. The molecule has 1 heterocycles. The minimum Gasteiger partial charge on any atom is -0.332 e. The molecular formula is C16H12BrClN2S. The van der Waals surface area contributed by atoms with E-state index in [0.29, 0.717) is 0 Å². The van der Waals surface area contributed by atoms with E-state index in [1.165, 1.54) is 4.88 Å². The third kappa shape index (κ3) is 3.46. The molecule has 0 amide bonds. The predicted molar refractivity (Wildman–Crippen MR) is 94.7 cm³/mol. The fraction of sp³-hybridized carbons (Fsp3) is 0.0625. The van der Waals surface area contributed by atoms with Crippen LogP contribution in [0.2, 0.25) is 5.02 Å². The van der Waals surface area contributed by atoms with Crippen LogP contribution in [0.25, 0.3) is 11.3 Å². The summed E-state index contributed by atoms with van der Waals surface area (Å²) in [5, 5.41) is 4.96. The van der Waals surface area contributed by atoms with Gasteiger partial charge in [0.05, 0.1) is 5.69 Å². The van der Waals surface area contributed by atoms with Crippen molar-refractivity contribution in [2.45, 2.75) is 6.92 Å². The van der Waals surface area contributed by atoms with Crippen molar-refractivity contribution in [2.24, 2.45) is 0 Å². The zero-order valence-corrected chi connectivity index (χ0v) is 14.4. The van der Waals surface area contributed by atoms with E-state index in [1.807, 2.05) is 48.5 Å². The molecule has 0 saturated heterocycles. The highest BCUT2D eigenvalue weighted by molar-refractivity contribution is 9.10. The molecule has 3 rings (SSSR count). The van der Waals surface area contributed by atoms with Gasteiger partial charge in [0.25, 0.3) is 0 Å². The Labute approximate surface area is 140 Å². The number of nitrogens with one attached hydrogen (secondary N) is 1. The number of hydrogen-bond donors (Lipinski definition) is 1. The normalized spacial score (nSPS) is 10.6. The Hall–Kier alpha value is -1.36. The second kappa shape index (κ2) is 6.18. The molecule has 5 heteroatoms. The molecule has 0 bridgehead atoms. The highest BCUT2D eigenvalue weighted by Crippen LogP contribution is 2.32. The third-order valence-electron chi connectivity index (χ3n) is 3.01. The molecule has 2 aromatic carbocycles. The number of nitrogens with zero attached hydrogens (tertiary/aromatic N) is 1. The van der Waals surface area contributed by atoms with Gasteiger partial charge in [0.2, 0.25) is 0 Å².